The van der Waals surface area contributed by atoms with Crippen molar-refractivity contribution in [2.75, 3.05) is 13.1 Å². The maximum Gasteiger partial charge on any atom is 0.253 e. The van der Waals surface area contributed by atoms with Crippen LogP contribution in [0.4, 0.5) is 0 Å². The van der Waals surface area contributed by atoms with Gasteiger partial charge in [-0.3, -0.25) is 4.79 Å². The maximum absolute atomic E-state index is 12.0. The number of aryl methyl sites for hydroxylation is 1. The second-order valence-electron chi connectivity index (χ2n) is 3.17. The molecule has 1 aromatic rings. The normalized spacial score (nSPS) is 11.9. The van der Waals surface area contributed by atoms with Crippen LogP contribution in [0.1, 0.15) is 32.5 Å². The average molecular weight is 193 g/mol. The SMILES string of the molecule is [2H]c1cc(C)cc([2H])c1C(=O)N(CC)CC. The van der Waals surface area contributed by atoms with Gasteiger partial charge < -0.3 is 4.90 Å². The zero-order valence-electron chi connectivity index (χ0n) is 10.9. The van der Waals surface area contributed by atoms with Crippen LogP contribution < -0.4 is 0 Å². The number of amides is 1. The molecule has 2 heteroatoms. The Balaban J connectivity index is 3.18. The molecule has 0 unspecified atom stereocenters. The topological polar surface area (TPSA) is 20.3 Å². The van der Waals surface area contributed by atoms with Crippen LogP contribution in [0.5, 0.6) is 0 Å². The fraction of sp³-hybridized carbons (Fsp3) is 0.417. The molecule has 1 rings (SSSR count). The summed E-state index contributed by atoms with van der Waals surface area (Å²) < 4.78 is 15.5. The summed E-state index contributed by atoms with van der Waals surface area (Å²) in [6.07, 6.45) is 0. The highest BCUT2D eigenvalue weighted by Gasteiger charge is 2.10. The number of carbonyl (C=O) groups is 1. The van der Waals surface area contributed by atoms with Gasteiger partial charge in [-0.05, 0) is 32.9 Å². The highest BCUT2D eigenvalue weighted by atomic mass is 16.2. The molecule has 0 heterocycles. The first-order valence-electron chi connectivity index (χ1n) is 5.88. The lowest BCUT2D eigenvalue weighted by Crippen LogP contribution is -2.30. The first-order chi connectivity index (χ1) is 7.51. The monoisotopic (exact) mass is 193 g/mol. The Morgan fingerprint density at radius 3 is 2.29 bits per heavy atom. The van der Waals surface area contributed by atoms with Crippen molar-refractivity contribution in [1.29, 1.82) is 0 Å². The van der Waals surface area contributed by atoms with Gasteiger partial charge in [0, 0.05) is 18.7 Å². The molecule has 1 amide bonds. The highest BCUT2D eigenvalue weighted by molar-refractivity contribution is 5.94. The van der Waals surface area contributed by atoms with Crippen molar-refractivity contribution in [2.45, 2.75) is 20.8 Å². The van der Waals surface area contributed by atoms with E-state index in [4.69, 9.17) is 2.74 Å². The molecule has 0 bridgehead atoms. The van der Waals surface area contributed by atoms with Crippen molar-refractivity contribution < 1.29 is 7.54 Å². The van der Waals surface area contributed by atoms with Gasteiger partial charge in [-0.2, -0.15) is 0 Å². The van der Waals surface area contributed by atoms with E-state index in [0.717, 1.165) is 5.56 Å². The van der Waals surface area contributed by atoms with Crippen molar-refractivity contribution in [3.05, 3.63) is 35.3 Å². The largest absolute Gasteiger partial charge is 0.339 e. The van der Waals surface area contributed by atoms with Crippen molar-refractivity contribution in [1.82, 2.24) is 4.90 Å². The van der Waals surface area contributed by atoms with Gasteiger partial charge in [0.05, 0.1) is 2.74 Å². The van der Waals surface area contributed by atoms with Crippen molar-refractivity contribution >= 4 is 5.91 Å². The summed E-state index contributed by atoms with van der Waals surface area (Å²) >= 11 is 0. The van der Waals surface area contributed by atoms with Gasteiger partial charge in [-0.25, -0.2) is 0 Å². The van der Waals surface area contributed by atoms with E-state index in [1.54, 1.807) is 17.0 Å². The molecular weight excluding hydrogens is 174 g/mol. The third-order valence-corrected chi connectivity index (χ3v) is 2.15. The van der Waals surface area contributed by atoms with Crippen LogP contribution in [0.2, 0.25) is 0 Å². The van der Waals surface area contributed by atoms with Gasteiger partial charge in [0.25, 0.3) is 5.91 Å². The lowest BCUT2D eigenvalue weighted by atomic mass is 10.1. The fourth-order valence-electron chi connectivity index (χ4n) is 1.25. The first-order valence-corrected chi connectivity index (χ1v) is 4.88. The summed E-state index contributed by atoms with van der Waals surface area (Å²) in [5.41, 5.74) is 1.04. The highest BCUT2D eigenvalue weighted by Crippen LogP contribution is 2.06. The Bertz CT molecular complexity index is 377. The standard InChI is InChI=1S/C12H17NO/c1-4-13(5-2)12(14)11-8-6-10(3)7-9-11/h6-9H,4-5H2,1-3H3/i8D,9D. The number of benzene rings is 1. The maximum atomic E-state index is 12.0. The molecule has 14 heavy (non-hydrogen) atoms. The minimum Gasteiger partial charge on any atom is -0.339 e. The molecule has 0 spiro atoms. The molecule has 0 radical (unpaired) electrons. The lowest BCUT2D eigenvalue weighted by molar-refractivity contribution is 0.0773. The third-order valence-electron chi connectivity index (χ3n) is 2.15. The Hall–Kier alpha value is -1.31. The third kappa shape index (κ3) is 2.34. The predicted octanol–water partition coefficient (Wildman–Crippen LogP) is 2.48. The van der Waals surface area contributed by atoms with Gasteiger partial charge in [-0.15, -0.1) is 0 Å². The number of hydrogen-bond donors (Lipinski definition) is 0. The summed E-state index contributed by atoms with van der Waals surface area (Å²) in [4.78, 5) is 13.7. The molecular formula is C12H17NO. The van der Waals surface area contributed by atoms with Gasteiger partial charge in [0.2, 0.25) is 0 Å². The van der Waals surface area contributed by atoms with E-state index in [0.29, 0.717) is 13.1 Å². The van der Waals surface area contributed by atoms with E-state index < -0.39 is 0 Å². The molecule has 0 N–H and O–H groups in total. The van der Waals surface area contributed by atoms with Gasteiger partial charge in [0.15, 0.2) is 0 Å². The Morgan fingerprint density at radius 1 is 1.36 bits per heavy atom. The van der Waals surface area contributed by atoms with E-state index in [1.165, 1.54) is 0 Å². The molecule has 1 aromatic carbocycles. The Kier molecular flexibility index (Phi) is 2.75. The minimum atomic E-state index is -0.222. The van der Waals surface area contributed by atoms with Crippen LogP contribution >= 0.6 is 0 Å². The summed E-state index contributed by atoms with van der Waals surface area (Å²) in [5.74, 6) is -0.222. The molecule has 0 atom stereocenters. The predicted molar refractivity (Wildman–Crippen MR) is 58.4 cm³/mol. The fourth-order valence-corrected chi connectivity index (χ4v) is 1.25. The number of nitrogens with zero attached hydrogens (tertiary/aromatic N) is 1. The van der Waals surface area contributed by atoms with Crippen molar-refractivity contribution in [3.63, 3.8) is 0 Å². The zero-order chi connectivity index (χ0) is 12.3. The zero-order valence-corrected chi connectivity index (χ0v) is 8.92. The summed E-state index contributed by atoms with van der Waals surface area (Å²) in [6.45, 7) is 6.80. The molecule has 0 fully saturated rings. The van der Waals surface area contributed by atoms with Crippen LogP contribution in [-0.2, 0) is 0 Å². The number of hydrogen-bond acceptors (Lipinski definition) is 1. The molecule has 0 aliphatic carbocycles. The number of rotatable bonds is 3. The van der Waals surface area contributed by atoms with Crippen LogP contribution in [0, 0.1) is 6.92 Å². The summed E-state index contributed by atoms with van der Waals surface area (Å²) in [7, 11) is 0. The smallest absolute Gasteiger partial charge is 0.253 e. The summed E-state index contributed by atoms with van der Waals surface area (Å²) in [6, 6.07) is 3.52. The van der Waals surface area contributed by atoms with E-state index in [1.807, 2.05) is 20.8 Å². The number of carbonyl (C=O) groups excluding carboxylic acids is 1. The molecule has 2 nitrogen and oxygen atoms in total. The van der Waals surface area contributed by atoms with E-state index in [2.05, 4.69) is 0 Å². The average Bonchev–Trinajstić information content (AvgIpc) is 2.17. The van der Waals surface area contributed by atoms with Crippen molar-refractivity contribution in [2.24, 2.45) is 0 Å². The van der Waals surface area contributed by atoms with Crippen molar-refractivity contribution in [3.8, 4) is 0 Å². The first kappa shape index (κ1) is 8.04. The minimum absolute atomic E-state index is 0.141. The van der Waals surface area contributed by atoms with E-state index in [-0.39, 0.29) is 23.6 Å². The Labute approximate surface area is 88.4 Å². The molecule has 0 aliphatic rings. The Morgan fingerprint density at radius 2 is 1.86 bits per heavy atom. The van der Waals surface area contributed by atoms with Crippen LogP contribution in [0.15, 0.2) is 24.2 Å². The molecule has 0 saturated carbocycles. The molecule has 0 saturated heterocycles. The molecule has 76 valence electrons. The van der Waals surface area contributed by atoms with Gasteiger partial charge >= 0.3 is 0 Å². The van der Waals surface area contributed by atoms with Crippen LogP contribution in [-0.4, -0.2) is 23.9 Å². The van der Waals surface area contributed by atoms with Crippen LogP contribution in [0.25, 0.3) is 0 Å². The molecule has 0 aliphatic heterocycles. The molecule has 0 aromatic heterocycles. The van der Waals surface area contributed by atoms with E-state index in [9.17, 15) is 4.79 Å². The van der Waals surface area contributed by atoms with Gasteiger partial charge in [0.1, 0.15) is 0 Å². The summed E-state index contributed by atoms with van der Waals surface area (Å²) in [5, 5.41) is 0. The second-order valence-corrected chi connectivity index (χ2v) is 3.17. The second kappa shape index (κ2) is 4.80. The van der Waals surface area contributed by atoms with Crippen LogP contribution in [0.3, 0.4) is 0 Å². The van der Waals surface area contributed by atoms with Gasteiger partial charge in [-0.1, -0.05) is 17.7 Å². The lowest BCUT2D eigenvalue weighted by Gasteiger charge is -2.18. The van der Waals surface area contributed by atoms with E-state index >= 15 is 0 Å². The quantitative estimate of drug-likeness (QED) is 0.722.